The Kier molecular flexibility index (Phi) is 5.71. The number of aromatic nitrogens is 1. The van der Waals surface area contributed by atoms with Gasteiger partial charge in [-0.2, -0.15) is 4.31 Å². The maximum atomic E-state index is 12.9. The number of carbonyl (C=O) groups excluding carboxylic acids is 2. The smallest absolute Gasteiger partial charge is 0.340 e. The predicted molar refractivity (Wildman–Crippen MR) is 107 cm³/mol. The zero-order valence-corrected chi connectivity index (χ0v) is 17.0. The Hall–Kier alpha value is -3.17. The Balaban J connectivity index is 1.90. The predicted octanol–water partition coefficient (Wildman–Crippen LogP) is 2.40. The van der Waals surface area contributed by atoms with Crippen LogP contribution in [0.5, 0.6) is 5.75 Å². The summed E-state index contributed by atoms with van der Waals surface area (Å²) in [6, 6.07) is 12.7. The Bertz CT molecular complexity index is 1170. The number of hydrogen-bond acceptors (Lipinski definition) is 6. The number of fused-ring (bicyclic) bond motifs is 1. The van der Waals surface area contributed by atoms with Gasteiger partial charge in [-0.3, -0.25) is 9.36 Å². The zero-order chi connectivity index (χ0) is 21.2. The van der Waals surface area contributed by atoms with Gasteiger partial charge in [-0.15, -0.1) is 0 Å². The molecule has 0 spiro atoms. The summed E-state index contributed by atoms with van der Waals surface area (Å²) in [5, 5.41) is 0.549. The number of carbonyl (C=O) groups is 2. The first-order valence-electron chi connectivity index (χ1n) is 8.61. The van der Waals surface area contributed by atoms with Crippen molar-refractivity contribution in [3.05, 3.63) is 60.3 Å². The first-order valence-corrected chi connectivity index (χ1v) is 10.1. The van der Waals surface area contributed by atoms with Crippen molar-refractivity contribution < 1.29 is 27.5 Å². The van der Waals surface area contributed by atoms with E-state index in [1.807, 2.05) is 0 Å². The van der Waals surface area contributed by atoms with Crippen molar-refractivity contribution in [2.24, 2.45) is 0 Å². The van der Waals surface area contributed by atoms with Gasteiger partial charge < -0.3 is 9.47 Å². The maximum Gasteiger partial charge on any atom is 0.340 e. The lowest BCUT2D eigenvalue weighted by Crippen LogP contribution is -2.34. The molecular weight excluding hydrogens is 396 g/mol. The fourth-order valence-electron chi connectivity index (χ4n) is 2.94. The normalized spacial score (nSPS) is 11.6. The number of para-hydroxylation sites is 1. The molecular formula is C20H20N2O6S. The highest BCUT2D eigenvalue weighted by molar-refractivity contribution is 7.89. The number of sulfonamides is 1. The molecule has 1 aromatic heterocycles. The van der Waals surface area contributed by atoms with Crippen LogP contribution in [0.15, 0.2) is 59.6 Å². The minimum atomic E-state index is -3.88. The van der Waals surface area contributed by atoms with Crippen LogP contribution in [-0.2, 0) is 14.8 Å². The van der Waals surface area contributed by atoms with E-state index in [-0.39, 0.29) is 10.5 Å². The second-order valence-electron chi connectivity index (χ2n) is 6.25. The van der Waals surface area contributed by atoms with Gasteiger partial charge in [-0.1, -0.05) is 18.2 Å². The topological polar surface area (TPSA) is 94.9 Å². The number of benzene rings is 2. The third kappa shape index (κ3) is 3.87. The van der Waals surface area contributed by atoms with Crippen molar-refractivity contribution in [1.82, 2.24) is 8.87 Å². The number of methoxy groups -OCH3 is 2. The summed E-state index contributed by atoms with van der Waals surface area (Å²) in [7, 11) is 0.181. The number of ether oxygens (including phenoxy) is 2. The van der Waals surface area contributed by atoms with Crippen molar-refractivity contribution in [1.29, 1.82) is 0 Å². The fraction of sp³-hybridized carbons (Fsp3) is 0.200. The molecule has 0 saturated heterocycles. The van der Waals surface area contributed by atoms with Crippen molar-refractivity contribution in [2.45, 2.75) is 4.90 Å². The second-order valence-corrected chi connectivity index (χ2v) is 8.30. The quantitative estimate of drug-likeness (QED) is 0.573. The summed E-state index contributed by atoms with van der Waals surface area (Å²) in [4.78, 5) is 24.9. The van der Waals surface area contributed by atoms with Gasteiger partial charge in [0, 0.05) is 18.6 Å². The van der Waals surface area contributed by atoms with Crippen LogP contribution in [-0.4, -0.2) is 57.0 Å². The van der Waals surface area contributed by atoms with Crippen LogP contribution in [0.3, 0.4) is 0 Å². The van der Waals surface area contributed by atoms with Crippen LogP contribution in [0, 0.1) is 0 Å². The molecule has 9 heteroatoms. The number of esters is 1. The summed E-state index contributed by atoms with van der Waals surface area (Å²) >= 11 is 0. The van der Waals surface area contributed by atoms with Gasteiger partial charge in [0.1, 0.15) is 5.75 Å². The lowest BCUT2D eigenvalue weighted by atomic mass is 10.2. The molecule has 0 amide bonds. The Morgan fingerprint density at radius 1 is 1.03 bits per heavy atom. The molecule has 0 aliphatic carbocycles. The molecule has 0 bridgehead atoms. The third-order valence-corrected chi connectivity index (χ3v) is 6.33. The molecule has 2 aromatic carbocycles. The average molecular weight is 416 g/mol. The van der Waals surface area contributed by atoms with E-state index in [1.165, 1.54) is 56.3 Å². The molecule has 8 nitrogen and oxygen atoms in total. The van der Waals surface area contributed by atoms with Crippen LogP contribution in [0.1, 0.15) is 15.2 Å². The van der Waals surface area contributed by atoms with E-state index >= 15 is 0 Å². The van der Waals surface area contributed by atoms with Crippen molar-refractivity contribution in [3.8, 4) is 5.75 Å². The van der Waals surface area contributed by atoms with Crippen molar-refractivity contribution >= 4 is 32.8 Å². The van der Waals surface area contributed by atoms with Crippen LogP contribution in [0.25, 0.3) is 10.9 Å². The van der Waals surface area contributed by atoms with Gasteiger partial charge in [-0.05, 0) is 30.3 Å². The lowest BCUT2D eigenvalue weighted by molar-refractivity contribution is 0.0603. The van der Waals surface area contributed by atoms with E-state index in [1.54, 1.807) is 24.3 Å². The highest BCUT2D eigenvalue weighted by atomic mass is 32.2. The molecule has 0 fully saturated rings. The molecule has 0 atom stereocenters. The van der Waals surface area contributed by atoms with E-state index in [0.717, 1.165) is 4.31 Å². The summed E-state index contributed by atoms with van der Waals surface area (Å²) in [6.07, 6.45) is 1.37. The summed E-state index contributed by atoms with van der Waals surface area (Å²) in [5.74, 6) is -0.556. The molecule has 3 rings (SSSR count). The number of hydrogen-bond donors (Lipinski definition) is 0. The van der Waals surface area contributed by atoms with Gasteiger partial charge in [0.25, 0.3) is 0 Å². The molecule has 3 aromatic rings. The number of likely N-dealkylation sites (N-methyl/N-ethyl adjacent to an activating group) is 1. The highest BCUT2D eigenvalue weighted by Crippen LogP contribution is 2.23. The van der Waals surface area contributed by atoms with E-state index in [0.29, 0.717) is 16.7 Å². The molecule has 152 valence electrons. The molecule has 0 unspecified atom stereocenters. The van der Waals surface area contributed by atoms with E-state index in [2.05, 4.69) is 0 Å². The number of rotatable bonds is 6. The van der Waals surface area contributed by atoms with Crippen LogP contribution in [0.4, 0.5) is 0 Å². The van der Waals surface area contributed by atoms with E-state index in [9.17, 15) is 18.0 Å². The van der Waals surface area contributed by atoms with Crippen LogP contribution >= 0.6 is 0 Å². The zero-order valence-electron chi connectivity index (χ0n) is 16.2. The SMILES string of the molecule is COC(=O)c1cn(C(=O)CN(C)S(=O)(=O)c2ccc(OC)cc2)c2ccccc12. The largest absolute Gasteiger partial charge is 0.497 e. The molecule has 1 heterocycles. The maximum absolute atomic E-state index is 12.9. The van der Waals surface area contributed by atoms with Crippen LogP contribution in [0.2, 0.25) is 0 Å². The van der Waals surface area contributed by atoms with Gasteiger partial charge in [0.2, 0.25) is 15.9 Å². The molecule has 0 radical (unpaired) electrons. The molecule has 0 N–H and O–H groups in total. The second kappa shape index (κ2) is 8.06. The minimum absolute atomic E-state index is 0.0428. The van der Waals surface area contributed by atoms with E-state index in [4.69, 9.17) is 9.47 Å². The van der Waals surface area contributed by atoms with Gasteiger partial charge in [0.05, 0.1) is 36.7 Å². The Labute approximate surface area is 168 Å². The van der Waals surface area contributed by atoms with Crippen molar-refractivity contribution in [3.63, 3.8) is 0 Å². The van der Waals surface area contributed by atoms with Gasteiger partial charge in [0.15, 0.2) is 0 Å². The van der Waals surface area contributed by atoms with Crippen LogP contribution < -0.4 is 4.74 Å². The lowest BCUT2D eigenvalue weighted by Gasteiger charge is -2.17. The summed E-state index contributed by atoms with van der Waals surface area (Å²) in [6.45, 7) is -0.409. The molecule has 0 aliphatic rings. The standard InChI is InChI=1S/C20H20N2O6S/c1-21(29(25,26)15-10-8-14(27-2)9-11-15)13-19(23)22-12-17(20(24)28-3)16-6-4-5-7-18(16)22/h4-12H,13H2,1-3H3. The molecule has 0 aliphatic heterocycles. The molecule has 29 heavy (non-hydrogen) atoms. The number of nitrogens with zero attached hydrogens (tertiary/aromatic N) is 2. The molecule has 0 saturated carbocycles. The summed E-state index contributed by atoms with van der Waals surface area (Å²) in [5.41, 5.74) is 0.727. The van der Waals surface area contributed by atoms with E-state index < -0.39 is 28.4 Å². The first kappa shape index (κ1) is 20.6. The Morgan fingerprint density at radius 3 is 2.31 bits per heavy atom. The Morgan fingerprint density at radius 2 is 1.69 bits per heavy atom. The average Bonchev–Trinajstić information content (AvgIpc) is 3.13. The fourth-order valence-corrected chi connectivity index (χ4v) is 4.06. The minimum Gasteiger partial charge on any atom is -0.497 e. The van der Waals surface area contributed by atoms with Gasteiger partial charge >= 0.3 is 5.97 Å². The van der Waals surface area contributed by atoms with Crippen molar-refractivity contribution in [2.75, 3.05) is 27.8 Å². The third-order valence-electron chi connectivity index (χ3n) is 4.51. The first-order chi connectivity index (χ1) is 13.8. The van der Waals surface area contributed by atoms with Gasteiger partial charge in [-0.25, -0.2) is 13.2 Å². The monoisotopic (exact) mass is 416 g/mol. The highest BCUT2D eigenvalue weighted by Gasteiger charge is 2.25. The summed E-state index contributed by atoms with van der Waals surface area (Å²) < 4.78 is 37.6.